The van der Waals surface area contributed by atoms with Crippen LogP contribution in [0.4, 0.5) is 0 Å². The first-order valence-corrected chi connectivity index (χ1v) is 4.44. The molecular formula is C10H15LaN2-. The van der Waals surface area contributed by atoms with Crippen molar-refractivity contribution in [2.75, 3.05) is 13.1 Å². The zero-order chi connectivity index (χ0) is 8.86. The fraction of sp³-hybridized carbons (Fsp3) is 0.700. The smallest absolute Gasteiger partial charge is 0.0627 e. The van der Waals surface area contributed by atoms with E-state index in [-0.39, 0.29) is 41.0 Å². The van der Waals surface area contributed by atoms with Gasteiger partial charge in [0, 0.05) is 42.0 Å². The molecule has 0 N–H and O–H groups in total. The Hall–Kier alpha value is 0.385. The first kappa shape index (κ1) is 13.4. The molecule has 0 aliphatic carbocycles. The predicted molar refractivity (Wildman–Crippen MR) is 49.8 cm³/mol. The van der Waals surface area contributed by atoms with Gasteiger partial charge in [-0.15, -0.1) is 19.7 Å². The Labute approximate surface area is 108 Å². The quantitative estimate of drug-likeness (QED) is 0.739. The first-order chi connectivity index (χ1) is 5.83. The topological polar surface area (TPSA) is 37.9 Å². The summed E-state index contributed by atoms with van der Waals surface area (Å²) in [6.45, 7) is 5.59. The number of rotatable bonds is 3. The fourth-order valence-corrected chi connectivity index (χ4v) is 1.80. The number of nitrogens with zero attached hydrogens (tertiary/aromatic N) is 2. The van der Waals surface area contributed by atoms with Crippen molar-refractivity contribution in [3.63, 3.8) is 0 Å². The van der Waals surface area contributed by atoms with Gasteiger partial charge in [0.05, 0.1) is 6.07 Å². The molecule has 1 aliphatic heterocycles. The van der Waals surface area contributed by atoms with E-state index < -0.39 is 0 Å². The third kappa shape index (κ3) is 3.95. The molecule has 69 valence electrons. The Morgan fingerprint density at radius 2 is 2.08 bits per heavy atom. The summed E-state index contributed by atoms with van der Waals surface area (Å²) >= 11 is 0. The van der Waals surface area contributed by atoms with Crippen molar-refractivity contribution in [3.8, 4) is 6.07 Å². The number of hydrogen-bond acceptors (Lipinski definition) is 1. The van der Waals surface area contributed by atoms with Gasteiger partial charge in [-0.2, -0.15) is 5.26 Å². The average molecular weight is 302 g/mol. The van der Waals surface area contributed by atoms with E-state index in [4.69, 9.17) is 5.26 Å². The summed E-state index contributed by atoms with van der Waals surface area (Å²) in [6, 6.07) is 2.27. The number of piperidine rings is 1. The van der Waals surface area contributed by atoms with E-state index in [1.807, 2.05) is 6.08 Å². The van der Waals surface area contributed by atoms with Crippen LogP contribution < -0.4 is 0 Å². The normalized spacial score (nSPS) is 19.6. The molecule has 0 atom stereocenters. The summed E-state index contributed by atoms with van der Waals surface area (Å²) < 4.78 is 0. The monoisotopic (exact) mass is 302 g/mol. The van der Waals surface area contributed by atoms with Crippen molar-refractivity contribution < 1.29 is 35.6 Å². The molecule has 1 radical (unpaired) electrons. The van der Waals surface area contributed by atoms with Gasteiger partial charge < -0.3 is 5.32 Å². The van der Waals surface area contributed by atoms with E-state index >= 15 is 0 Å². The molecule has 0 spiro atoms. The molecule has 0 aromatic carbocycles. The van der Waals surface area contributed by atoms with E-state index in [2.05, 4.69) is 18.0 Å². The van der Waals surface area contributed by atoms with Gasteiger partial charge in [0.2, 0.25) is 0 Å². The second-order valence-electron chi connectivity index (χ2n) is 3.50. The third-order valence-corrected chi connectivity index (χ3v) is 2.63. The Morgan fingerprint density at radius 3 is 2.54 bits per heavy atom. The van der Waals surface area contributed by atoms with Gasteiger partial charge in [0.15, 0.2) is 0 Å². The minimum atomic E-state index is 0. The Morgan fingerprint density at radius 1 is 1.46 bits per heavy atom. The van der Waals surface area contributed by atoms with Crippen molar-refractivity contribution >= 4 is 0 Å². The van der Waals surface area contributed by atoms with Gasteiger partial charge in [0.25, 0.3) is 0 Å². The van der Waals surface area contributed by atoms with Crippen molar-refractivity contribution in [2.24, 2.45) is 5.41 Å². The Balaban J connectivity index is 0.00000144. The predicted octanol–water partition coefficient (Wildman–Crippen LogP) is 2.63. The zero-order valence-electron chi connectivity index (χ0n) is 8.00. The maximum atomic E-state index is 8.70. The van der Waals surface area contributed by atoms with Gasteiger partial charge in [0.1, 0.15) is 0 Å². The summed E-state index contributed by atoms with van der Waals surface area (Å²) in [5, 5.41) is 13.0. The van der Waals surface area contributed by atoms with Crippen molar-refractivity contribution in [1.29, 1.82) is 5.26 Å². The maximum absolute atomic E-state index is 8.70. The van der Waals surface area contributed by atoms with Crippen LogP contribution in [0.25, 0.3) is 5.32 Å². The summed E-state index contributed by atoms with van der Waals surface area (Å²) in [6.07, 6.45) is 5.69. The standard InChI is InChI=1S/C10H15N2.La/c1-2-3-10(4-7-11)5-8-12-9-6-10;/h2H,1,3-6,8-9H2;/q-1;. The van der Waals surface area contributed by atoms with Crippen LogP contribution in [-0.2, 0) is 0 Å². The van der Waals surface area contributed by atoms with Crippen LogP contribution in [0.15, 0.2) is 12.7 Å². The van der Waals surface area contributed by atoms with Crippen LogP contribution in [0.1, 0.15) is 25.7 Å². The number of nitriles is 1. The largest absolute Gasteiger partial charge is 0.662 e. The van der Waals surface area contributed by atoms with Crippen LogP contribution in [0.5, 0.6) is 0 Å². The van der Waals surface area contributed by atoms with Gasteiger partial charge in [-0.1, -0.05) is 18.9 Å². The number of allylic oxidation sites excluding steroid dienone is 1. The second-order valence-corrected chi connectivity index (χ2v) is 3.50. The fourth-order valence-electron chi connectivity index (χ4n) is 1.80. The molecule has 1 heterocycles. The second kappa shape index (κ2) is 6.78. The van der Waals surface area contributed by atoms with E-state index in [0.717, 1.165) is 32.4 Å². The van der Waals surface area contributed by atoms with E-state index in [1.165, 1.54) is 0 Å². The Bertz CT molecular complexity index is 190. The molecule has 1 aliphatic rings. The Kier molecular flexibility index (Phi) is 6.98. The molecule has 0 amide bonds. The minimum absolute atomic E-state index is 0. The summed E-state index contributed by atoms with van der Waals surface area (Å²) in [7, 11) is 0. The summed E-state index contributed by atoms with van der Waals surface area (Å²) in [5.74, 6) is 0. The van der Waals surface area contributed by atoms with Crippen LogP contribution in [0.2, 0.25) is 0 Å². The minimum Gasteiger partial charge on any atom is -0.662 e. The molecule has 0 aromatic heterocycles. The zero-order valence-corrected chi connectivity index (χ0v) is 11.6. The van der Waals surface area contributed by atoms with E-state index in [0.29, 0.717) is 6.42 Å². The molecule has 0 aromatic rings. The summed E-state index contributed by atoms with van der Waals surface area (Å²) in [4.78, 5) is 0. The van der Waals surface area contributed by atoms with Crippen LogP contribution >= 0.6 is 0 Å². The van der Waals surface area contributed by atoms with Gasteiger partial charge in [-0.3, -0.25) is 0 Å². The molecule has 1 saturated heterocycles. The number of hydrogen-bond donors (Lipinski definition) is 0. The molecule has 1 fully saturated rings. The van der Waals surface area contributed by atoms with Crippen LogP contribution in [-0.4, -0.2) is 13.1 Å². The van der Waals surface area contributed by atoms with Gasteiger partial charge in [-0.25, -0.2) is 0 Å². The van der Waals surface area contributed by atoms with Gasteiger partial charge in [-0.05, 0) is 11.8 Å². The van der Waals surface area contributed by atoms with Gasteiger partial charge >= 0.3 is 0 Å². The van der Waals surface area contributed by atoms with Crippen molar-refractivity contribution in [1.82, 2.24) is 0 Å². The van der Waals surface area contributed by atoms with Crippen LogP contribution in [0, 0.1) is 52.3 Å². The van der Waals surface area contributed by atoms with E-state index in [9.17, 15) is 0 Å². The molecular weight excluding hydrogens is 287 g/mol. The SMILES string of the molecule is C=CCC1(CC#N)CC[N-]CC1.[La]. The maximum Gasteiger partial charge on any atom is 0.0627 e. The van der Waals surface area contributed by atoms with Crippen LogP contribution in [0.3, 0.4) is 0 Å². The molecule has 0 saturated carbocycles. The van der Waals surface area contributed by atoms with Crippen molar-refractivity contribution in [2.45, 2.75) is 25.7 Å². The van der Waals surface area contributed by atoms with E-state index in [1.54, 1.807) is 0 Å². The molecule has 1 rings (SSSR count). The third-order valence-electron chi connectivity index (χ3n) is 2.63. The molecule has 2 nitrogen and oxygen atoms in total. The average Bonchev–Trinajstić information content (AvgIpc) is 2.07. The molecule has 0 bridgehead atoms. The summed E-state index contributed by atoms with van der Waals surface area (Å²) in [5.41, 5.74) is 0.207. The molecule has 0 unspecified atom stereocenters. The molecule has 3 heteroatoms. The molecule has 13 heavy (non-hydrogen) atoms. The first-order valence-electron chi connectivity index (χ1n) is 4.44. The van der Waals surface area contributed by atoms with Crippen molar-refractivity contribution in [3.05, 3.63) is 18.0 Å².